The molecule has 0 spiro atoms. The first-order valence-corrected chi connectivity index (χ1v) is 8.85. The van der Waals surface area contributed by atoms with Crippen LogP contribution in [0, 0.1) is 5.92 Å². The second kappa shape index (κ2) is 7.76. The first-order chi connectivity index (χ1) is 12.9. The summed E-state index contributed by atoms with van der Waals surface area (Å²) in [5.74, 6) is -1.28. The molecule has 0 aliphatic heterocycles. The number of ketones is 1. The molecule has 0 unspecified atom stereocenters. The van der Waals surface area contributed by atoms with Gasteiger partial charge in [-0.3, -0.25) is 4.79 Å². The van der Waals surface area contributed by atoms with E-state index in [2.05, 4.69) is 0 Å². The van der Waals surface area contributed by atoms with Gasteiger partial charge in [-0.25, -0.2) is 4.79 Å². The van der Waals surface area contributed by atoms with Crippen LogP contribution >= 0.6 is 0 Å². The Morgan fingerprint density at radius 1 is 1.07 bits per heavy atom. The normalized spacial score (nSPS) is 13.6. The molecule has 140 valence electrons. The van der Waals surface area contributed by atoms with Gasteiger partial charge in [-0.1, -0.05) is 42.5 Å². The van der Waals surface area contributed by atoms with Gasteiger partial charge in [0.05, 0.1) is 10.9 Å². The van der Waals surface area contributed by atoms with E-state index in [1.165, 1.54) is 6.92 Å². The molecule has 0 aliphatic rings. The summed E-state index contributed by atoms with van der Waals surface area (Å²) in [7, 11) is 3.75. The summed E-state index contributed by atoms with van der Waals surface area (Å²) < 4.78 is 5.47. The van der Waals surface area contributed by atoms with Crippen LogP contribution in [-0.4, -0.2) is 36.4 Å². The Kier molecular flexibility index (Phi) is 5.42. The van der Waals surface area contributed by atoms with Crippen molar-refractivity contribution in [3.8, 4) is 5.75 Å². The third-order valence-electron chi connectivity index (χ3n) is 4.78. The Labute approximate surface area is 157 Å². The van der Waals surface area contributed by atoms with Crippen LogP contribution in [0.5, 0.6) is 5.75 Å². The highest BCUT2D eigenvalue weighted by molar-refractivity contribution is 5.85. The first kappa shape index (κ1) is 18.9. The Morgan fingerprint density at radius 2 is 1.70 bits per heavy atom. The topological polar surface area (TPSA) is 70.8 Å². The fourth-order valence-corrected chi connectivity index (χ4v) is 3.54. The molecule has 1 heterocycles. The molecule has 3 aromatic rings. The molecule has 0 saturated heterocycles. The minimum atomic E-state index is -0.620. The van der Waals surface area contributed by atoms with E-state index < -0.39 is 17.5 Å². The zero-order valence-corrected chi connectivity index (χ0v) is 15.7. The summed E-state index contributed by atoms with van der Waals surface area (Å²) in [6.07, 6.45) is 0. The predicted molar refractivity (Wildman–Crippen MR) is 105 cm³/mol. The highest BCUT2D eigenvalue weighted by atomic mass is 16.4. The molecule has 3 rings (SSSR count). The maximum absolute atomic E-state index is 12.8. The van der Waals surface area contributed by atoms with Gasteiger partial charge >= 0.3 is 5.63 Å². The molecule has 0 saturated carbocycles. The summed E-state index contributed by atoms with van der Waals surface area (Å²) in [6, 6.07) is 16.2. The molecular weight excluding hydrogens is 342 g/mol. The molecule has 0 fully saturated rings. The van der Waals surface area contributed by atoms with Crippen molar-refractivity contribution in [1.29, 1.82) is 0 Å². The van der Waals surface area contributed by atoms with Crippen molar-refractivity contribution in [3.05, 3.63) is 76.1 Å². The minimum absolute atomic E-state index is 0.0514. The number of fused-ring (bicyclic) bond motifs is 1. The average molecular weight is 365 g/mol. The van der Waals surface area contributed by atoms with Crippen molar-refractivity contribution < 1.29 is 14.3 Å². The van der Waals surface area contributed by atoms with Crippen LogP contribution in [-0.2, 0) is 4.79 Å². The lowest BCUT2D eigenvalue weighted by atomic mass is 9.78. The lowest BCUT2D eigenvalue weighted by molar-refractivity contribution is -0.121. The Hall–Kier alpha value is -2.92. The summed E-state index contributed by atoms with van der Waals surface area (Å²) in [5, 5.41) is 11.4. The van der Waals surface area contributed by atoms with Gasteiger partial charge in [-0.05, 0) is 38.7 Å². The zero-order chi connectivity index (χ0) is 19.6. The van der Waals surface area contributed by atoms with E-state index in [0.29, 0.717) is 17.5 Å². The predicted octanol–water partition coefficient (Wildman–Crippen LogP) is 3.40. The number of hydrogen-bond acceptors (Lipinski definition) is 5. The number of nitrogens with zero attached hydrogens (tertiary/aromatic N) is 1. The number of carbonyl (C=O) groups is 1. The first-order valence-electron chi connectivity index (χ1n) is 8.85. The summed E-state index contributed by atoms with van der Waals surface area (Å²) in [6.45, 7) is 1.96. The lowest BCUT2D eigenvalue weighted by Gasteiger charge is -2.28. The van der Waals surface area contributed by atoms with Gasteiger partial charge in [0.15, 0.2) is 0 Å². The van der Waals surface area contributed by atoms with Crippen LogP contribution in [0.4, 0.5) is 0 Å². The van der Waals surface area contributed by atoms with E-state index in [9.17, 15) is 14.7 Å². The molecule has 5 nitrogen and oxygen atoms in total. The minimum Gasteiger partial charge on any atom is -0.507 e. The lowest BCUT2D eigenvalue weighted by Crippen LogP contribution is -2.34. The number of carbonyl (C=O) groups excluding carboxylic acids is 1. The molecule has 1 aromatic heterocycles. The van der Waals surface area contributed by atoms with Crippen LogP contribution in [0.2, 0.25) is 0 Å². The van der Waals surface area contributed by atoms with Crippen LogP contribution in [0.3, 0.4) is 0 Å². The van der Waals surface area contributed by atoms with Crippen molar-refractivity contribution in [3.63, 3.8) is 0 Å². The summed E-state index contributed by atoms with van der Waals surface area (Å²) >= 11 is 0. The van der Waals surface area contributed by atoms with Gasteiger partial charge in [0.25, 0.3) is 0 Å². The molecule has 0 aliphatic carbocycles. The SMILES string of the molecule is CC(=O)[C@H](CN(C)C)[C@@H](c1ccccc1)c1c(O)c2ccccc2oc1=O. The number of aromatic hydroxyl groups is 1. The maximum Gasteiger partial charge on any atom is 0.343 e. The second-order valence-electron chi connectivity index (χ2n) is 7.02. The molecular formula is C22H23NO4. The summed E-state index contributed by atoms with van der Waals surface area (Å²) in [4.78, 5) is 27.2. The van der Waals surface area contributed by atoms with E-state index in [4.69, 9.17) is 4.42 Å². The highest BCUT2D eigenvalue weighted by Gasteiger charge is 2.34. The van der Waals surface area contributed by atoms with Gasteiger partial charge in [-0.2, -0.15) is 0 Å². The van der Waals surface area contributed by atoms with E-state index in [0.717, 1.165) is 5.56 Å². The van der Waals surface area contributed by atoms with Crippen molar-refractivity contribution in [1.82, 2.24) is 4.90 Å². The van der Waals surface area contributed by atoms with E-state index in [1.54, 1.807) is 24.3 Å². The third kappa shape index (κ3) is 3.78. The smallest absolute Gasteiger partial charge is 0.343 e. The van der Waals surface area contributed by atoms with E-state index in [-0.39, 0.29) is 17.1 Å². The van der Waals surface area contributed by atoms with Gasteiger partial charge in [-0.15, -0.1) is 0 Å². The Balaban J connectivity index is 2.30. The van der Waals surface area contributed by atoms with E-state index in [1.807, 2.05) is 49.3 Å². The number of benzene rings is 2. The van der Waals surface area contributed by atoms with Crippen molar-refractivity contribution in [2.24, 2.45) is 5.92 Å². The molecule has 0 bridgehead atoms. The Morgan fingerprint density at radius 3 is 2.33 bits per heavy atom. The summed E-state index contributed by atoms with van der Waals surface area (Å²) in [5.41, 5.74) is 0.618. The molecule has 2 aromatic carbocycles. The fourth-order valence-electron chi connectivity index (χ4n) is 3.54. The second-order valence-corrected chi connectivity index (χ2v) is 7.02. The fraction of sp³-hybridized carbons (Fsp3) is 0.273. The third-order valence-corrected chi connectivity index (χ3v) is 4.78. The number of Topliss-reactive ketones (excluding diaryl/α,β-unsaturated/α-hetero) is 1. The molecule has 0 radical (unpaired) electrons. The van der Waals surface area contributed by atoms with Gasteiger partial charge in [0.1, 0.15) is 17.1 Å². The van der Waals surface area contributed by atoms with Gasteiger partial charge in [0.2, 0.25) is 0 Å². The monoisotopic (exact) mass is 365 g/mol. The van der Waals surface area contributed by atoms with Crippen molar-refractivity contribution in [2.45, 2.75) is 12.8 Å². The van der Waals surface area contributed by atoms with Crippen LogP contribution in [0.15, 0.2) is 63.8 Å². The van der Waals surface area contributed by atoms with E-state index >= 15 is 0 Å². The van der Waals surface area contributed by atoms with Crippen LogP contribution in [0.25, 0.3) is 11.0 Å². The highest BCUT2D eigenvalue weighted by Crippen LogP contribution is 2.38. The number of para-hydroxylation sites is 1. The maximum atomic E-state index is 12.8. The molecule has 2 atom stereocenters. The standard InChI is InChI=1S/C22H23NO4/c1-14(24)17(13-23(2)3)19(15-9-5-4-6-10-15)20-21(25)16-11-7-8-12-18(16)27-22(20)26/h4-12,17,19,25H,13H2,1-3H3/t17-,19+/m0/s1. The van der Waals surface area contributed by atoms with Crippen molar-refractivity contribution >= 4 is 16.8 Å². The molecule has 0 amide bonds. The molecule has 27 heavy (non-hydrogen) atoms. The largest absolute Gasteiger partial charge is 0.507 e. The molecule has 1 N–H and O–H groups in total. The molecule has 5 heteroatoms. The quantitative estimate of drug-likeness (QED) is 0.678. The zero-order valence-electron chi connectivity index (χ0n) is 15.7. The number of rotatable bonds is 6. The number of hydrogen-bond donors (Lipinski definition) is 1. The average Bonchev–Trinajstić information content (AvgIpc) is 2.64. The van der Waals surface area contributed by atoms with Crippen molar-refractivity contribution in [2.75, 3.05) is 20.6 Å². The van der Waals surface area contributed by atoms with Crippen LogP contribution in [0.1, 0.15) is 24.0 Å². The van der Waals surface area contributed by atoms with Gasteiger partial charge < -0.3 is 14.4 Å². The van der Waals surface area contributed by atoms with Gasteiger partial charge in [0, 0.05) is 18.4 Å². The van der Waals surface area contributed by atoms with Crippen LogP contribution < -0.4 is 5.63 Å². The Bertz CT molecular complexity index is 1010.